The maximum absolute atomic E-state index is 6.11. The van der Waals surface area contributed by atoms with Crippen LogP contribution in [0.3, 0.4) is 0 Å². The van der Waals surface area contributed by atoms with Crippen LogP contribution in [0.2, 0.25) is 0 Å². The van der Waals surface area contributed by atoms with E-state index in [1.54, 1.807) is 0 Å². The molecule has 3 heteroatoms. The van der Waals surface area contributed by atoms with Crippen LogP contribution in [0.5, 0.6) is 0 Å². The van der Waals surface area contributed by atoms with E-state index in [9.17, 15) is 0 Å². The summed E-state index contributed by atoms with van der Waals surface area (Å²) >= 11 is 3.54. The summed E-state index contributed by atoms with van der Waals surface area (Å²) in [5.74, 6) is 0. The molecular formula is C14H21BrN2. The van der Waals surface area contributed by atoms with Crippen molar-refractivity contribution in [3.05, 3.63) is 22.7 Å². The molecule has 0 spiro atoms. The molecule has 0 amide bonds. The van der Waals surface area contributed by atoms with Crippen molar-refractivity contribution in [3.63, 3.8) is 0 Å². The van der Waals surface area contributed by atoms with E-state index in [1.165, 1.54) is 37.8 Å². The lowest BCUT2D eigenvalue weighted by Gasteiger charge is -2.36. The Morgan fingerprint density at radius 3 is 2.65 bits per heavy atom. The van der Waals surface area contributed by atoms with Crippen LogP contribution >= 0.6 is 15.9 Å². The van der Waals surface area contributed by atoms with Crippen LogP contribution in [0.15, 0.2) is 22.7 Å². The minimum atomic E-state index is 0.672. The summed E-state index contributed by atoms with van der Waals surface area (Å²) in [4.78, 5) is 2.47. The fraction of sp³-hybridized carbons (Fsp3) is 0.571. The van der Waals surface area contributed by atoms with Gasteiger partial charge in [0, 0.05) is 17.1 Å². The third-order valence-electron chi connectivity index (χ3n) is 3.66. The van der Waals surface area contributed by atoms with Crippen molar-refractivity contribution in [2.45, 2.75) is 45.1 Å². The van der Waals surface area contributed by atoms with Gasteiger partial charge in [-0.3, -0.25) is 0 Å². The topological polar surface area (TPSA) is 29.3 Å². The van der Waals surface area contributed by atoms with Gasteiger partial charge < -0.3 is 10.6 Å². The predicted molar refractivity (Wildman–Crippen MR) is 78.4 cm³/mol. The first-order chi connectivity index (χ1) is 8.22. The molecule has 17 heavy (non-hydrogen) atoms. The minimum absolute atomic E-state index is 0.672. The number of nitrogen functional groups attached to an aromatic ring is 1. The van der Waals surface area contributed by atoms with Gasteiger partial charge in [-0.05, 0) is 38.0 Å². The molecule has 1 fully saturated rings. The van der Waals surface area contributed by atoms with Gasteiger partial charge in [-0.25, -0.2) is 0 Å². The van der Waals surface area contributed by atoms with E-state index in [-0.39, 0.29) is 0 Å². The zero-order valence-corrected chi connectivity index (χ0v) is 12.0. The van der Waals surface area contributed by atoms with Crippen LogP contribution in [-0.4, -0.2) is 12.6 Å². The zero-order chi connectivity index (χ0) is 12.3. The number of nitrogens with two attached hydrogens (primary N) is 1. The first-order valence-electron chi connectivity index (χ1n) is 6.54. The highest BCUT2D eigenvalue weighted by molar-refractivity contribution is 9.10. The van der Waals surface area contributed by atoms with E-state index in [0.717, 1.165) is 16.7 Å². The largest absolute Gasteiger partial charge is 0.397 e. The third-order valence-corrected chi connectivity index (χ3v) is 4.15. The van der Waals surface area contributed by atoms with Crippen LogP contribution < -0.4 is 10.6 Å². The molecule has 0 unspecified atom stereocenters. The minimum Gasteiger partial charge on any atom is -0.397 e. The Labute approximate surface area is 112 Å². The van der Waals surface area contributed by atoms with Crippen molar-refractivity contribution < 1.29 is 0 Å². The summed E-state index contributed by atoms with van der Waals surface area (Å²) in [7, 11) is 0. The highest BCUT2D eigenvalue weighted by Crippen LogP contribution is 2.32. The number of nitrogens with zero attached hydrogens (tertiary/aromatic N) is 1. The Kier molecular flexibility index (Phi) is 4.32. The van der Waals surface area contributed by atoms with E-state index in [0.29, 0.717) is 6.04 Å². The van der Waals surface area contributed by atoms with E-state index < -0.39 is 0 Å². The number of halogens is 1. The smallest absolute Gasteiger partial charge is 0.0613 e. The fourth-order valence-electron chi connectivity index (χ4n) is 2.78. The van der Waals surface area contributed by atoms with Crippen molar-refractivity contribution in [1.82, 2.24) is 0 Å². The highest BCUT2D eigenvalue weighted by Gasteiger charge is 2.21. The lowest BCUT2D eigenvalue weighted by molar-refractivity contribution is 0.418. The lowest BCUT2D eigenvalue weighted by atomic mass is 9.93. The van der Waals surface area contributed by atoms with Crippen LogP contribution in [0.25, 0.3) is 0 Å². The lowest BCUT2D eigenvalue weighted by Crippen LogP contribution is -2.37. The van der Waals surface area contributed by atoms with Gasteiger partial charge in [-0.15, -0.1) is 0 Å². The molecule has 2 N–H and O–H groups in total. The second-order valence-corrected chi connectivity index (χ2v) is 5.70. The molecule has 1 aliphatic rings. The number of hydrogen-bond acceptors (Lipinski definition) is 2. The predicted octanol–water partition coefficient (Wildman–Crippen LogP) is 4.19. The summed E-state index contributed by atoms with van der Waals surface area (Å²) in [6.07, 6.45) is 6.71. The Bertz CT molecular complexity index is 372. The summed E-state index contributed by atoms with van der Waals surface area (Å²) in [6.45, 7) is 3.25. The first-order valence-corrected chi connectivity index (χ1v) is 7.33. The fourth-order valence-corrected chi connectivity index (χ4v) is 3.13. The number of rotatable bonds is 3. The summed E-state index contributed by atoms with van der Waals surface area (Å²) in [5, 5.41) is 0. The molecular weight excluding hydrogens is 276 g/mol. The van der Waals surface area contributed by atoms with Gasteiger partial charge in [0.25, 0.3) is 0 Å². The SMILES string of the molecule is CCN(c1cc(Br)ccc1N)C1CCCCC1. The normalized spacial score (nSPS) is 17.1. The Morgan fingerprint density at radius 1 is 1.29 bits per heavy atom. The average molecular weight is 297 g/mol. The van der Waals surface area contributed by atoms with Crippen molar-refractivity contribution in [2.75, 3.05) is 17.2 Å². The van der Waals surface area contributed by atoms with Crippen LogP contribution in [0.4, 0.5) is 11.4 Å². The quantitative estimate of drug-likeness (QED) is 0.848. The van der Waals surface area contributed by atoms with Crippen LogP contribution in [0, 0.1) is 0 Å². The van der Waals surface area contributed by atoms with Gasteiger partial charge in [-0.1, -0.05) is 35.2 Å². The molecule has 2 nitrogen and oxygen atoms in total. The van der Waals surface area contributed by atoms with E-state index >= 15 is 0 Å². The Balaban J connectivity index is 2.24. The molecule has 0 aliphatic heterocycles. The van der Waals surface area contributed by atoms with E-state index in [1.807, 2.05) is 12.1 Å². The average Bonchev–Trinajstić information content (AvgIpc) is 2.36. The molecule has 0 radical (unpaired) electrons. The molecule has 1 aromatic carbocycles. The Hall–Kier alpha value is -0.700. The van der Waals surface area contributed by atoms with Gasteiger partial charge in [0.1, 0.15) is 0 Å². The van der Waals surface area contributed by atoms with Crippen molar-refractivity contribution in [2.24, 2.45) is 0 Å². The first kappa shape index (κ1) is 12.7. The zero-order valence-electron chi connectivity index (χ0n) is 10.5. The van der Waals surface area contributed by atoms with Crippen molar-refractivity contribution in [3.8, 4) is 0 Å². The monoisotopic (exact) mass is 296 g/mol. The molecule has 94 valence electrons. The van der Waals surface area contributed by atoms with Crippen LogP contribution in [-0.2, 0) is 0 Å². The van der Waals surface area contributed by atoms with Gasteiger partial charge in [-0.2, -0.15) is 0 Å². The molecule has 0 aromatic heterocycles. The van der Waals surface area contributed by atoms with Gasteiger partial charge in [0.2, 0.25) is 0 Å². The van der Waals surface area contributed by atoms with E-state index in [4.69, 9.17) is 5.73 Å². The third kappa shape index (κ3) is 2.95. The summed E-state index contributed by atoms with van der Waals surface area (Å²) in [6, 6.07) is 6.82. The standard InChI is InChI=1S/C14H21BrN2/c1-2-17(12-6-4-3-5-7-12)14-10-11(15)8-9-13(14)16/h8-10,12H,2-7,16H2,1H3. The molecule has 0 bridgehead atoms. The van der Waals surface area contributed by atoms with E-state index in [2.05, 4.69) is 33.8 Å². The van der Waals surface area contributed by atoms with Crippen molar-refractivity contribution in [1.29, 1.82) is 0 Å². The van der Waals surface area contributed by atoms with Gasteiger partial charge in [0.05, 0.1) is 11.4 Å². The second kappa shape index (κ2) is 5.76. The maximum Gasteiger partial charge on any atom is 0.0613 e. The number of anilines is 2. The highest BCUT2D eigenvalue weighted by atomic mass is 79.9. The molecule has 0 saturated heterocycles. The molecule has 0 atom stereocenters. The summed E-state index contributed by atoms with van der Waals surface area (Å²) in [5.41, 5.74) is 8.19. The Morgan fingerprint density at radius 2 is 2.00 bits per heavy atom. The molecule has 1 saturated carbocycles. The molecule has 1 aliphatic carbocycles. The molecule has 2 rings (SSSR count). The number of benzene rings is 1. The van der Waals surface area contributed by atoms with Crippen LogP contribution in [0.1, 0.15) is 39.0 Å². The number of hydrogen-bond donors (Lipinski definition) is 1. The van der Waals surface area contributed by atoms with Crippen molar-refractivity contribution >= 4 is 27.3 Å². The summed E-state index contributed by atoms with van der Waals surface area (Å²) < 4.78 is 1.11. The molecule has 1 aromatic rings. The van der Waals surface area contributed by atoms with Gasteiger partial charge in [0.15, 0.2) is 0 Å². The second-order valence-electron chi connectivity index (χ2n) is 4.78. The molecule has 0 heterocycles. The maximum atomic E-state index is 6.11. The van der Waals surface area contributed by atoms with Gasteiger partial charge >= 0.3 is 0 Å².